The number of hydrogen-bond acceptors (Lipinski definition) is 11. The van der Waals surface area contributed by atoms with Crippen LogP contribution in [0.25, 0.3) is 5.69 Å². The van der Waals surface area contributed by atoms with Crippen molar-refractivity contribution in [3.8, 4) is 5.69 Å². The first-order chi connectivity index (χ1) is 15.4. The van der Waals surface area contributed by atoms with Gasteiger partial charge in [-0.05, 0) is 41.9 Å². The molecule has 2 heterocycles. The first-order valence-electron chi connectivity index (χ1n) is 10.6. The summed E-state index contributed by atoms with van der Waals surface area (Å²) in [4.78, 5) is 12.7. The van der Waals surface area contributed by atoms with Gasteiger partial charge in [0.2, 0.25) is 0 Å². The van der Waals surface area contributed by atoms with Gasteiger partial charge in [0.05, 0.1) is 29.4 Å². The van der Waals surface area contributed by atoms with Gasteiger partial charge in [0.25, 0.3) is 5.69 Å². The van der Waals surface area contributed by atoms with Gasteiger partial charge >= 0.3 is 0 Å². The Hall–Kier alpha value is -2.71. The third-order valence-electron chi connectivity index (χ3n) is 5.69. The van der Waals surface area contributed by atoms with Crippen LogP contribution < -0.4 is 5.32 Å². The van der Waals surface area contributed by atoms with Crippen LogP contribution in [-0.2, 0) is 0 Å². The lowest BCUT2D eigenvalue weighted by atomic mass is 9.94. The monoisotopic (exact) mass is 451 g/mol. The summed E-state index contributed by atoms with van der Waals surface area (Å²) in [6.07, 6.45) is 1.26. The Balaban J connectivity index is 1.43. The van der Waals surface area contributed by atoms with Crippen molar-refractivity contribution in [2.45, 2.75) is 50.0 Å². The maximum Gasteiger partial charge on any atom is 0.292 e. The molecule has 5 N–H and O–H groups in total. The first kappa shape index (κ1) is 23.9. The normalized spacial score (nSPS) is 23.9. The van der Waals surface area contributed by atoms with E-state index in [-0.39, 0.29) is 18.8 Å². The highest BCUT2D eigenvalue weighted by molar-refractivity contribution is 5.65. The van der Waals surface area contributed by atoms with Crippen molar-refractivity contribution in [1.82, 2.24) is 25.1 Å². The fourth-order valence-electron chi connectivity index (χ4n) is 3.90. The van der Waals surface area contributed by atoms with Crippen molar-refractivity contribution < 1.29 is 25.3 Å². The van der Waals surface area contributed by atoms with Crippen LogP contribution in [0.5, 0.6) is 0 Å². The number of piperidine rings is 1. The number of nitrogens with one attached hydrogen (secondary N) is 1. The number of benzene rings is 1. The largest absolute Gasteiger partial charge is 0.395 e. The molecule has 0 radical (unpaired) electrons. The molecule has 1 aromatic carbocycles. The lowest BCUT2D eigenvalue weighted by molar-refractivity contribution is -0.384. The molecule has 0 saturated carbocycles. The zero-order valence-corrected chi connectivity index (χ0v) is 17.6. The number of β-amino-alcohol motifs (C(OH)–C–C–N with tert-alkyl or cyclic N) is 1. The summed E-state index contributed by atoms with van der Waals surface area (Å²) >= 11 is 0. The third-order valence-corrected chi connectivity index (χ3v) is 5.69. The molecule has 1 aliphatic heterocycles. The summed E-state index contributed by atoms with van der Waals surface area (Å²) in [6, 6.07) is 4.02. The molecule has 13 heteroatoms. The molecule has 4 unspecified atom stereocenters. The van der Waals surface area contributed by atoms with Gasteiger partial charge in [0, 0.05) is 19.2 Å². The Morgan fingerprint density at radius 3 is 2.62 bits per heavy atom. The van der Waals surface area contributed by atoms with Gasteiger partial charge in [-0.1, -0.05) is 12.8 Å². The molecular weight excluding hydrogens is 422 g/mol. The molecule has 4 atom stereocenters. The van der Waals surface area contributed by atoms with Crippen LogP contribution in [0, 0.1) is 10.1 Å². The Labute approximate surface area is 184 Å². The van der Waals surface area contributed by atoms with E-state index in [0.29, 0.717) is 24.5 Å². The van der Waals surface area contributed by atoms with Crippen molar-refractivity contribution in [2.75, 3.05) is 31.6 Å². The fraction of sp³-hybridized carbons (Fsp3) is 0.632. The topological polar surface area (TPSA) is 183 Å². The number of unbranched alkanes of at least 4 members (excludes halogenated alkanes) is 3. The number of aliphatic hydroxyl groups is 4. The van der Waals surface area contributed by atoms with Crippen molar-refractivity contribution in [3.05, 3.63) is 34.6 Å². The van der Waals surface area contributed by atoms with Crippen LogP contribution in [-0.4, -0.2) is 101 Å². The third kappa shape index (κ3) is 5.75. The maximum atomic E-state index is 11.3. The van der Waals surface area contributed by atoms with Gasteiger partial charge in [-0.25, -0.2) is 4.68 Å². The summed E-state index contributed by atoms with van der Waals surface area (Å²) in [7, 11) is 0. The molecule has 1 fully saturated rings. The molecule has 0 spiro atoms. The number of aromatic nitrogens is 4. The number of nitro benzene ring substituents is 1. The quantitative estimate of drug-likeness (QED) is 0.165. The number of hydrogen-bond donors (Lipinski definition) is 5. The number of rotatable bonds is 11. The van der Waals surface area contributed by atoms with Gasteiger partial charge in [-0.3, -0.25) is 15.0 Å². The minimum absolute atomic E-state index is 0.0266. The second-order valence-corrected chi connectivity index (χ2v) is 7.85. The van der Waals surface area contributed by atoms with E-state index in [1.807, 2.05) is 0 Å². The Morgan fingerprint density at radius 1 is 1.16 bits per heavy atom. The predicted octanol–water partition coefficient (Wildman–Crippen LogP) is -0.698. The Morgan fingerprint density at radius 2 is 1.94 bits per heavy atom. The van der Waals surface area contributed by atoms with Gasteiger partial charge in [-0.15, -0.1) is 5.10 Å². The smallest absolute Gasteiger partial charge is 0.292 e. The number of aliphatic hydroxyl groups excluding tert-OH is 4. The lowest BCUT2D eigenvalue weighted by Crippen LogP contribution is -2.62. The van der Waals surface area contributed by atoms with Gasteiger partial charge in [0.1, 0.15) is 24.2 Å². The van der Waals surface area contributed by atoms with Crippen LogP contribution in [0.1, 0.15) is 25.7 Å². The van der Waals surface area contributed by atoms with E-state index in [0.717, 1.165) is 25.7 Å². The molecule has 1 aliphatic rings. The highest BCUT2D eigenvalue weighted by Crippen LogP contribution is 2.27. The number of anilines is 1. The van der Waals surface area contributed by atoms with Crippen LogP contribution in [0.2, 0.25) is 0 Å². The molecular formula is C19H29N7O6. The van der Waals surface area contributed by atoms with Crippen molar-refractivity contribution in [1.29, 1.82) is 0 Å². The lowest BCUT2D eigenvalue weighted by Gasteiger charge is -2.43. The minimum atomic E-state index is -1.25. The van der Waals surface area contributed by atoms with E-state index in [1.165, 1.54) is 17.1 Å². The Kier molecular flexibility index (Phi) is 8.41. The van der Waals surface area contributed by atoms with Crippen molar-refractivity contribution in [3.63, 3.8) is 0 Å². The standard InChI is InChI=1S/C19H29N7O6/c27-11-16-18(29)19(30)17(28)10-24(16)8-4-2-1-3-7-20-14-9-13(25-12-21-22-23-25)5-6-15(14)26(31)32/h5-6,9,12,16-20,27-30H,1-4,7-8,10-11H2. The van der Waals surface area contributed by atoms with Gasteiger partial charge < -0.3 is 25.7 Å². The van der Waals surface area contributed by atoms with E-state index in [2.05, 4.69) is 20.8 Å². The number of tetrazole rings is 1. The summed E-state index contributed by atoms with van der Waals surface area (Å²) in [5.74, 6) is 0. The van der Waals surface area contributed by atoms with Crippen LogP contribution in [0.3, 0.4) is 0 Å². The first-order valence-corrected chi connectivity index (χ1v) is 10.6. The molecule has 1 aromatic heterocycles. The molecule has 0 aliphatic carbocycles. The second-order valence-electron chi connectivity index (χ2n) is 7.85. The second kappa shape index (κ2) is 11.2. The van der Waals surface area contributed by atoms with E-state index < -0.39 is 29.3 Å². The maximum absolute atomic E-state index is 11.3. The highest BCUT2D eigenvalue weighted by Gasteiger charge is 2.40. The van der Waals surface area contributed by atoms with E-state index in [1.54, 1.807) is 17.0 Å². The number of nitro groups is 1. The zero-order valence-electron chi connectivity index (χ0n) is 17.6. The van der Waals surface area contributed by atoms with E-state index in [4.69, 9.17) is 0 Å². The van der Waals surface area contributed by atoms with Crippen LogP contribution in [0.4, 0.5) is 11.4 Å². The van der Waals surface area contributed by atoms with Gasteiger partial charge in [-0.2, -0.15) is 0 Å². The summed E-state index contributed by atoms with van der Waals surface area (Å²) in [5, 5.41) is 64.5. The molecule has 32 heavy (non-hydrogen) atoms. The zero-order chi connectivity index (χ0) is 23.1. The number of nitrogens with zero attached hydrogens (tertiary/aromatic N) is 6. The van der Waals surface area contributed by atoms with E-state index >= 15 is 0 Å². The molecule has 13 nitrogen and oxygen atoms in total. The van der Waals surface area contributed by atoms with Crippen LogP contribution >= 0.6 is 0 Å². The SMILES string of the molecule is O=[N+]([O-])c1ccc(-n2cnnn2)cc1NCCCCCCN1CC(O)C(O)C(O)C1CO. The molecule has 0 amide bonds. The molecule has 1 saturated heterocycles. The van der Waals surface area contributed by atoms with E-state index in [9.17, 15) is 30.5 Å². The average molecular weight is 451 g/mol. The predicted molar refractivity (Wildman–Crippen MR) is 113 cm³/mol. The Bertz CT molecular complexity index is 868. The van der Waals surface area contributed by atoms with Crippen molar-refractivity contribution in [2.24, 2.45) is 0 Å². The van der Waals surface area contributed by atoms with Crippen LogP contribution in [0.15, 0.2) is 24.5 Å². The van der Waals surface area contributed by atoms with Gasteiger partial charge in [0.15, 0.2) is 0 Å². The minimum Gasteiger partial charge on any atom is -0.395 e. The number of likely N-dealkylation sites (tertiary alicyclic amines) is 1. The summed E-state index contributed by atoms with van der Waals surface area (Å²) in [6.45, 7) is 1.04. The highest BCUT2D eigenvalue weighted by atomic mass is 16.6. The van der Waals surface area contributed by atoms with Crippen molar-refractivity contribution >= 4 is 11.4 Å². The fourth-order valence-corrected chi connectivity index (χ4v) is 3.90. The summed E-state index contributed by atoms with van der Waals surface area (Å²) in [5.41, 5.74) is 0.975. The average Bonchev–Trinajstić information content (AvgIpc) is 3.32. The molecule has 2 aromatic rings. The molecule has 176 valence electrons. The molecule has 3 rings (SSSR count). The summed E-state index contributed by atoms with van der Waals surface area (Å²) < 4.78 is 1.42. The molecule has 0 bridgehead atoms.